The van der Waals surface area contributed by atoms with E-state index in [0.29, 0.717) is 0 Å². The molecule has 0 fully saturated rings. The fourth-order valence-corrected chi connectivity index (χ4v) is 0.378. The van der Waals surface area contributed by atoms with Crippen LogP contribution in [0.2, 0.25) is 0 Å². The van der Waals surface area contributed by atoms with Crippen LogP contribution in [-0.2, 0) is 19.1 Å². The summed E-state index contributed by atoms with van der Waals surface area (Å²) in [7, 11) is 0. The molecule has 0 atom stereocenters. The molecule has 0 saturated heterocycles. The summed E-state index contributed by atoms with van der Waals surface area (Å²) >= 11 is 0. The van der Waals surface area contributed by atoms with Crippen LogP contribution in [0.25, 0.3) is 0 Å². The third kappa shape index (κ3) is 1.56. The highest BCUT2D eigenvalue weighted by molar-refractivity contribution is 5.86. The van der Waals surface area contributed by atoms with E-state index in [-0.39, 0.29) is 6.61 Å². The van der Waals surface area contributed by atoms with Crippen molar-refractivity contribution in [1.29, 1.82) is 0 Å². The van der Waals surface area contributed by atoms with Crippen LogP contribution in [0.4, 0.5) is 0 Å². The summed E-state index contributed by atoms with van der Waals surface area (Å²) in [6, 6.07) is 0. The molecule has 0 aromatic carbocycles. The zero-order chi connectivity index (χ0) is 6.69. The molecule has 9 heavy (non-hydrogen) atoms. The maximum absolute atomic E-state index is 10.3. The molecular weight excluding hydrogens is 124 g/mol. The monoisotopic (exact) mass is 128 g/mol. The molecule has 0 radical (unpaired) electrons. The van der Waals surface area contributed by atoms with E-state index in [1.807, 2.05) is 0 Å². The van der Waals surface area contributed by atoms with Crippen LogP contribution in [0.15, 0.2) is 12.3 Å². The Hall–Kier alpha value is -1.32. The molecule has 0 aromatic heterocycles. The second-order valence-electron chi connectivity index (χ2n) is 1.40. The lowest BCUT2D eigenvalue weighted by molar-refractivity contribution is -0.150. The van der Waals surface area contributed by atoms with Crippen molar-refractivity contribution in [2.45, 2.75) is 0 Å². The molecule has 0 amide bonds. The van der Waals surface area contributed by atoms with Gasteiger partial charge in [-0.15, -0.1) is 0 Å². The maximum atomic E-state index is 10.3. The number of hydrogen-bond acceptors (Lipinski definition) is 4. The summed E-state index contributed by atoms with van der Waals surface area (Å²) in [5.41, 5.74) is 0. The minimum absolute atomic E-state index is 0.300. The van der Waals surface area contributed by atoms with Gasteiger partial charge in [0.2, 0.25) is 0 Å². The van der Waals surface area contributed by atoms with E-state index in [1.54, 1.807) is 0 Å². The van der Waals surface area contributed by atoms with E-state index in [0.717, 1.165) is 12.3 Å². The Morgan fingerprint density at radius 1 is 1.44 bits per heavy atom. The standard InChI is InChI=1S/C5H4O4/c6-4-1-2-8-5(7)3-9-4/h1-2H,3H2. The average molecular weight is 128 g/mol. The lowest BCUT2D eigenvalue weighted by Crippen LogP contribution is -2.09. The summed E-state index contributed by atoms with van der Waals surface area (Å²) in [5.74, 6) is -1.11. The zero-order valence-corrected chi connectivity index (χ0v) is 4.49. The normalized spacial score (nSPS) is 18.2. The summed E-state index contributed by atoms with van der Waals surface area (Å²) in [6.45, 7) is -0.300. The molecule has 0 aliphatic carbocycles. The molecule has 1 aliphatic rings. The van der Waals surface area contributed by atoms with Crippen molar-refractivity contribution in [3.8, 4) is 0 Å². The van der Waals surface area contributed by atoms with Crippen molar-refractivity contribution in [2.24, 2.45) is 0 Å². The van der Waals surface area contributed by atoms with E-state index < -0.39 is 11.9 Å². The van der Waals surface area contributed by atoms with Gasteiger partial charge in [0.05, 0.1) is 6.08 Å². The van der Waals surface area contributed by atoms with Gasteiger partial charge in [0, 0.05) is 0 Å². The Kier molecular flexibility index (Phi) is 1.48. The number of rotatable bonds is 0. The highest BCUT2D eigenvalue weighted by Crippen LogP contribution is 1.91. The van der Waals surface area contributed by atoms with Crippen LogP contribution in [-0.4, -0.2) is 18.5 Å². The number of hydrogen-bond donors (Lipinski definition) is 0. The molecule has 0 unspecified atom stereocenters. The first kappa shape index (κ1) is 5.81. The largest absolute Gasteiger partial charge is 0.450 e. The molecule has 0 spiro atoms. The summed E-state index contributed by atoms with van der Waals surface area (Å²) < 4.78 is 8.62. The van der Waals surface area contributed by atoms with Gasteiger partial charge in [0.1, 0.15) is 6.26 Å². The maximum Gasteiger partial charge on any atom is 0.349 e. The Balaban J connectivity index is 2.58. The Morgan fingerprint density at radius 2 is 2.22 bits per heavy atom. The van der Waals surface area contributed by atoms with Crippen molar-refractivity contribution in [1.82, 2.24) is 0 Å². The molecule has 4 heteroatoms. The molecule has 1 heterocycles. The van der Waals surface area contributed by atoms with Gasteiger partial charge in [-0.1, -0.05) is 0 Å². The molecule has 1 rings (SSSR count). The molecule has 0 aromatic rings. The molecule has 4 nitrogen and oxygen atoms in total. The van der Waals surface area contributed by atoms with E-state index in [1.165, 1.54) is 0 Å². The lowest BCUT2D eigenvalue weighted by atomic mass is 10.6. The van der Waals surface area contributed by atoms with Crippen LogP contribution < -0.4 is 0 Å². The van der Waals surface area contributed by atoms with Crippen molar-refractivity contribution in [3.05, 3.63) is 12.3 Å². The summed E-state index contributed by atoms with van der Waals surface area (Å²) in [6.07, 6.45) is 2.06. The average Bonchev–Trinajstić information content (AvgIpc) is 1.97. The predicted molar refractivity (Wildman–Crippen MR) is 26.2 cm³/mol. The summed E-state index contributed by atoms with van der Waals surface area (Å²) in [5, 5.41) is 0. The van der Waals surface area contributed by atoms with Crippen LogP contribution >= 0.6 is 0 Å². The number of cyclic esters (lactones) is 2. The van der Waals surface area contributed by atoms with Gasteiger partial charge >= 0.3 is 11.9 Å². The van der Waals surface area contributed by atoms with Crippen molar-refractivity contribution in [3.63, 3.8) is 0 Å². The van der Waals surface area contributed by atoms with Crippen molar-refractivity contribution in [2.75, 3.05) is 6.61 Å². The molecule has 0 bridgehead atoms. The van der Waals surface area contributed by atoms with E-state index in [4.69, 9.17) is 0 Å². The van der Waals surface area contributed by atoms with Gasteiger partial charge in [-0.3, -0.25) is 0 Å². The third-order valence-corrected chi connectivity index (χ3v) is 0.736. The van der Waals surface area contributed by atoms with Gasteiger partial charge in [0.15, 0.2) is 6.61 Å². The number of ether oxygens (including phenoxy) is 2. The minimum Gasteiger partial charge on any atom is -0.450 e. The number of esters is 2. The lowest BCUT2D eigenvalue weighted by Gasteiger charge is -1.92. The van der Waals surface area contributed by atoms with Gasteiger partial charge in [-0.2, -0.15) is 0 Å². The highest BCUT2D eigenvalue weighted by Gasteiger charge is 2.08. The Morgan fingerprint density at radius 3 is 3.00 bits per heavy atom. The Labute approximate surface area is 51.1 Å². The van der Waals surface area contributed by atoms with Crippen molar-refractivity contribution >= 4 is 11.9 Å². The van der Waals surface area contributed by atoms with Crippen LogP contribution in [0, 0.1) is 0 Å². The van der Waals surface area contributed by atoms with E-state index in [9.17, 15) is 9.59 Å². The second-order valence-corrected chi connectivity index (χ2v) is 1.40. The van der Waals surface area contributed by atoms with E-state index in [2.05, 4.69) is 9.47 Å². The van der Waals surface area contributed by atoms with Crippen molar-refractivity contribution < 1.29 is 19.1 Å². The predicted octanol–water partition coefficient (Wildman–Crippen LogP) is -0.400. The summed E-state index contributed by atoms with van der Waals surface area (Å²) in [4.78, 5) is 20.6. The number of carbonyl (C=O) groups is 2. The highest BCUT2D eigenvalue weighted by atomic mass is 16.6. The van der Waals surface area contributed by atoms with E-state index >= 15 is 0 Å². The first-order valence-electron chi connectivity index (χ1n) is 2.32. The van der Waals surface area contributed by atoms with Crippen LogP contribution in [0.3, 0.4) is 0 Å². The zero-order valence-electron chi connectivity index (χ0n) is 4.49. The third-order valence-electron chi connectivity index (χ3n) is 0.736. The molecule has 48 valence electrons. The first-order valence-corrected chi connectivity index (χ1v) is 2.32. The first-order chi connectivity index (χ1) is 4.29. The fourth-order valence-electron chi connectivity index (χ4n) is 0.378. The topological polar surface area (TPSA) is 52.6 Å². The molecule has 1 aliphatic heterocycles. The second kappa shape index (κ2) is 2.30. The van der Waals surface area contributed by atoms with Gasteiger partial charge in [-0.05, 0) is 0 Å². The molecular formula is C5H4O4. The van der Waals surface area contributed by atoms with Crippen LogP contribution in [0.5, 0.6) is 0 Å². The number of carbonyl (C=O) groups excluding carboxylic acids is 2. The molecule has 0 N–H and O–H groups in total. The Bertz CT molecular complexity index is 170. The van der Waals surface area contributed by atoms with Gasteiger partial charge in [0.25, 0.3) is 0 Å². The quantitative estimate of drug-likeness (QED) is 0.416. The molecule has 0 saturated carbocycles. The SMILES string of the molecule is O=C1C=COC(=O)CO1. The minimum atomic E-state index is -0.558. The van der Waals surface area contributed by atoms with Gasteiger partial charge < -0.3 is 9.47 Å². The fraction of sp³-hybridized carbons (Fsp3) is 0.200. The smallest absolute Gasteiger partial charge is 0.349 e. The van der Waals surface area contributed by atoms with Gasteiger partial charge in [-0.25, -0.2) is 9.59 Å². The van der Waals surface area contributed by atoms with Crippen LogP contribution in [0.1, 0.15) is 0 Å².